The highest BCUT2D eigenvalue weighted by atomic mass is 32.1. The first-order valence-corrected chi connectivity index (χ1v) is 4.78. The second-order valence-electron chi connectivity index (χ2n) is 3.47. The number of hydrogen-bond acceptors (Lipinski definition) is 1. The van der Waals surface area contributed by atoms with Gasteiger partial charge in [0.25, 0.3) is 5.92 Å². The van der Waals surface area contributed by atoms with Crippen molar-refractivity contribution in [1.29, 1.82) is 0 Å². The molecule has 0 aromatic carbocycles. The fraction of sp³-hybridized carbons (Fsp3) is 0.778. The van der Waals surface area contributed by atoms with Crippen LogP contribution < -0.4 is 0 Å². The Balaban J connectivity index is 2.58. The highest BCUT2D eigenvalue weighted by Crippen LogP contribution is 2.33. The zero-order valence-electron chi connectivity index (χ0n) is 7.19. The number of alkyl halides is 2. The number of rotatable bonds is 2. The molecule has 70 valence electrons. The molecule has 0 fully saturated rings. The molecule has 0 aromatic heterocycles. The topological polar surface area (TPSA) is 0 Å². The fourth-order valence-electron chi connectivity index (χ4n) is 1.53. The number of thiol groups is 1. The molecule has 3 heteroatoms. The molecule has 0 N–H and O–H groups in total. The van der Waals surface area contributed by atoms with Crippen molar-refractivity contribution < 1.29 is 8.78 Å². The highest BCUT2D eigenvalue weighted by molar-refractivity contribution is 7.80. The Bertz CT molecular complexity index is 185. The van der Waals surface area contributed by atoms with Gasteiger partial charge in [0, 0.05) is 11.7 Å². The predicted molar refractivity (Wildman–Crippen MR) is 49.9 cm³/mol. The first-order chi connectivity index (χ1) is 5.49. The van der Waals surface area contributed by atoms with Crippen LogP contribution in [0.4, 0.5) is 8.78 Å². The first-order valence-electron chi connectivity index (χ1n) is 4.26. The summed E-state index contributed by atoms with van der Waals surface area (Å²) in [4.78, 5) is 0. The molecule has 1 aliphatic rings. The van der Waals surface area contributed by atoms with Crippen LogP contribution in [0.3, 0.4) is 0 Å². The van der Waals surface area contributed by atoms with Crippen LogP contribution in [0.5, 0.6) is 0 Å². The molecule has 1 rings (SSSR count). The Morgan fingerprint density at radius 2 is 2.33 bits per heavy atom. The molecule has 0 saturated carbocycles. The van der Waals surface area contributed by atoms with Gasteiger partial charge in [-0.1, -0.05) is 12.5 Å². The summed E-state index contributed by atoms with van der Waals surface area (Å²) < 4.78 is 25.6. The van der Waals surface area contributed by atoms with Crippen LogP contribution in [0.25, 0.3) is 0 Å². The number of hydrogen-bond donors (Lipinski definition) is 1. The zero-order chi connectivity index (χ0) is 9.19. The van der Waals surface area contributed by atoms with Crippen molar-refractivity contribution in [3.63, 3.8) is 0 Å². The van der Waals surface area contributed by atoms with Gasteiger partial charge in [-0.05, 0) is 25.3 Å². The first kappa shape index (κ1) is 10.0. The fourth-order valence-corrected chi connectivity index (χ4v) is 1.77. The number of halogens is 2. The van der Waals surface area contributed by atoms with Gasteiger partial charge < -0.3 is 0 Å². The lowest BCUT2D eigenvalue weighted by Crippen LogP contribution is -2.17. The van der Waals surface area contributed by atoms with Gasteiger partial charge >= 0.3 is 0 Å². The van der Waals surface area contributed by atoms with E-state index >= 15 is 0 Å². The quantitative estimate of drug-likeness (QED) is 0.503. The minimum absolute atomic E-state index is 0.0114. The molecule has 0 aromatic rings. The lowest BCUT2D eigenvalue weighted by Gasteiger charge is -2.21. The lowest BCUT2D eigenvalue weighted by molar-refractivity contribution is 0.0369. The summed E-state index contributed by atoms with van der Waals surface area (Å²) in [5.74, 6) is -2.56. The van der Waals surface area contributed by atoms with Gasteiger partial charge in [-0.3, -0.25) is 0 Å². The second-order valence-corrected chi connectivity index (χ2v) is 4.35. The molecule has 1 atom stereocenters. The van der Waals surface area contributed by atoms with Gasteiger partial charge in [0.05, 0.1) is 0 Å². The maximum atomic E-state index is 12.8. The molecule has 0 bridgehead atoms. The Morgan fingerprint density at radius 3 is 2.83 bits per heavy atom. The minimum atomic E-state index is -2.56. The summed E-state index contributed by atoms with van der Waals surface area (Å²) in [5.41, 5.74) is 0.869. The van der Waals surface area contributed by atoms with E-state index in [0.717, 1.165) is 18.1 Å². The Morgan fingerprint density at radius 1 is 1.67 bits per heavy atom. The third-order valence-corrected chi connectivity index (χ3v) is 2.16. The predicted octanol–water partition coefficient (Wildman–Crippen LogP) is 3.44. The van der Waals surface area contributed by atoms with Crippen molar-refractivity contribution in [2.45, 2.75) is 43.8 Å². The van der Waals surface area contributed by atoms with Crippen LogP contribution >= 0.6 is 12.6 Å². The van der Waals surface area contributed by atoms with E-state index in [9.17, 15) is 8.78 Å². The van der Waals surface area contributed by atoms with E-state index in [4.69, 9.17) is 0 Å². The van der Waals surface area contributed by atoms with E-state index in [1.165, 1.54) is 0 Å². The maximum absolute atomic E-state index is 12.8. The largest absolute Gasteiger partial charge is 0.266 e. The molecule has 0 unspecified atom stereocenters. The Kier molecular flexibility index (Phi) is 3.16. The summed E-state index contributed by atoms with van der Waals surface area (Å²) >= 11 is 4.18. The van der Waals surface area contributed by atoms with Gasteiger partial charge in [-0.25, -0.2) is 8.78 Å². The van der Waals surface area contributed by atoms with E-state index in [1.807, 2.05) is 6.92 Å². The minimum Gasteiger partial charge on any atom is -0.202 e. The number of allylic oxidation sites excluding steroid dienone is 2. The van der Waals surface area contributed by atoms with Gasteiger partial charge in [-0.2, -0.15) is 12.6 Å². The van der Waals surface area contributed by atoms with E-state index in [-0.39, 0.29) is 11.7 Å². The van der Waals surface area contributed by atoms with Crippen molar-refractivity contribution in [2.75, 3.05) is 0 Å². The van der Waals surface area contributed by atoms with Crippen LogP contribution in [-0.2, 0) is 0 Å². The zero-order valence-corrected chi connectivity index (χ0v) is 8.08. The summed E-state index contributed by atoms with van der Waals surface area (Å²) in [6, 6.07) is 0. The Labute approximate surface area is 77.4 Å². The van der Waals surface area contributed by atoms with Crippen LogP contribution in [0.15, 0.2) is 11.6 Å². The van der Waals surface area contributed by atoms with E-state index < -0.39 is 5.92 Å². The molecular formula is C9H14F2S. The molecular weight excluding hydrogens is 178 g/mol. The van der Waals surface area contributed by atoms with E-state index in [1.54, 1.807) is 0 Å². The smallest absolute Gasteiger partial charge is 0.202 e. The third kappa shape index (κ3) is 3.13. The standard InChI is InChI=1S/C9H14F2S/c1-7(12)5-8-3-2-4-9(10,11)6-8/h6-7,12H,2-5H2,1H3/t7-/m0/s1. The van der Waals surface area contributed by atoms with Gasteiger partial charge in [-0.15, -0.1) is 0 Å². The maximum Gasteiger partial charge on any atom is 0.266 e. The molecule has 0 nitrogen and oxygen atoms in total. The average molecular weight is 192 g/mol. The van der Waals surface area contributed by atoms with Crippen LogP contribution in [0.2, 0.25) is 0 Å². The second kappa shape index (κ2) is 3.77. The van der Waals surface area contributed by atoms with Crippen molar-refractivity contribution >= 4 is 12.6 Å². The normalized spacial score (nSPS) is 24.8. The molecule has 0 amide bonds. The van der Waals surface area contributed by atoms with E-state index in [0.29, 0.717) is 12.8 Å². The highest BCUT2D eigenvalue weighted by Gasteiger charge is 2.29. The van der Waals surface area contributed by atoms with Crippen LogP contribution in [0.1, 0.15) is 32.6 Å². The monoisotopic (exact) mass is 192 g/mol. The SMILES string of the molecule is C[C@H](S)CC1=CC(F)(F)CCC1. The van der Waals surface area contributed by atoms with Crippen LogP contribution in [0, 0.1) is 0 Å². The third-order valence-electron chi connectivity index (χ3n) is 1.98. The summed E-state index contributed by atoms with van der Waals surface area (Å²) in [6.45, 7) is 1.93. The van der Waals surface area contributed by atoms with Gasteiger partial charge in [0.15, 0.2) is 0 Å². The summed E-state index contributed by atoms with van der Waals surface area (Å²) in [7, 11) is 0. The average Bonchev–Trinajstić information content (AvgIpc) is 1.82. The van der Waals surface area contributed by atoms with Crippen molar-refractivity contribution in [3.05, 3.63) is 11.6 Å². The molecule has 0 spiro atoms. The summed E-state index contributed by atoms with van der Waals surface area (Å²) in [6.07, 6.45) is 3.26. The molecule has 12 heavy (non-hydrogen) atoms. The molecule has 1 aliphatic carbocycles. The van der Waals surface area contributed by atoms with Gasteiger partial charge in [0.2, 0.25) is 0 Å². The molecule has 0 aliphatic heterocycles. The van der Waals surface area contributed by atoms with Gasteiger partial charge in [0.1, 0.15) is 0 Å². The molecule has 0 heterocycles. The van der Waals surface area contributed by atoms with E-state index in [2.05, 4.69) is 12.6 Å². The van der Waals surface area contributed by atoms with Crippen molar-refractivity contribution in [1.82, 2.24) is 0 Å². The van der Waals surface area contributed by atoms with Crippen molar-refractivity contribution in [2.24, 2.45) is 0 Å². The van der Waals surface area contributed by atoms with Crippen LogP contribution in [-0.4, -0.2) is 11.2 Å². The van der Waals surface area contributed by atoms with Crippen molar-refractivity contribution in [3.8, 4) is 0 Å². The summed E-state index contributed by atoms with van der Waals surface area (Å²) in [5, 5.41) is 0.185. The molecule has 0 saturated heterocycles. The lowest BCUT2D eigenvalue weighted by atomic mass is 9.94. The Hall–Kier alpha value is -0.0500. The molecule has 0 radical (unpaired) electrons.